The topological polar surface area (TPSA) is 67.7 Å². The largest absolute Gasteiger partial charge is 0.497 e. The van der Waals surface area contributed by atoms with E-state index in [0.29, 0.717) is 43.2 Å². The Morgan fingerprint density at radius 2 is 1.59 bits per heavy atom. The SMILES string of the molecule is COc1cccc(C(=O)N2CCN(C(=O)c3nn(-c4ccccc4)c4c3CCC4)CC2)c1. The number of methoxy groups -OCH3 is 1. The second kappa shape index (κ2) is 8.49. The lowest BCUT2D eigenvalue weighted by molar-refractivity contribution is 0.0531. The molecule has 164 valence electrons. The molecule has 1 fully saturated rings. The first-order chi connectivity index (χ1) is 15.7. The molecule has 7 heteroatoms. The standard InChI is InChI=1S/C25H26N4O3/c1-32-20-10-5-7-18(17-20)24(30)27-13-15-28(16-14-27)25(31)23-21-11-6-12-22(21)29(26-23)19-8-3-2-4-9-19/h2-5,7-10,17H,6,11-16H2,1H3. The van der Waals surface area contributed by atoms with Gasteiger partial charge in [-0.2, -0.15) is 5.10 Å². The summed E-state index contributed by atoms with van der Waals surface area (Å²) in [6.45, 7) is 2.01. The molecule has 7 nitrogen and oxygen atoms in total. The molecule has 1 saturated heterocycles. The van der Waals surface area contributed by atoms with E-state index in [2.05, 4.69) is 0 Å². The van der Waals surface area contributed by atoms with E-state index in [1.54, 1.807) is 24.1 Å². The van der Waals surface area contributed by atoms with E-state index in [1.165, 1.54) is 0 Å². The van der Waals surface area contributed by atoms with Crippen molar-refractivity contribution >= 4 is 11.8 Å². The Morgan fingerprint density at radius 1 is 0.875 bits per heavy atom. The van der Waals surface area contributed by atoms with Crippen molar-refractivity contribution in [2.24, 2.45) is 0 Å². The summed E-state index contributed by atoms with van der Waals surface area (Å²) in [4.78, 5) is 29.9. The second-order valence-electron chi connectivity index (χ2n) is 8.19. The molecule has 0 saturated carbocycles. The summed E-state index contributed by atoms with van der Waals surface area (Å²) < 4.78 is 7.16. The normalized spacial score (nSPS) is 15.5. The molecule has 0 N–H and O–H groups in total. The van der Waals surface area contributed by atoms with E-state index in [9.17, 15) is 9.59 Å². The second-order valence-corrected chi connectivity index (χ2v) is 8.19. The summed E-state index contributed by atoms with van der Waals surface area (Å²) in [5, 5.41) is 4.73. The highest BCUT2D eigenvalue weighted by atomic mass is 16.5. The Balaban J connectivity index is 1.31. The zero-order valence-electron chi connectivity index (χ0n) is 18.2. The van der Waals surface area contributed by atoms with Gasteiger partial charge in [-0.25, -0.2) is 4.68 Å². The van der Waals surface area contributed by atoms with Gasteiger partial charge in [0.25, 0.3) is 11.8 Å². The van der Waals surface area contributed by atoms with Crippen molar-refractivity contribution in [1.29, 1.82) is 0 Å². The molecular formula is C25H26N4O3. The number of nitrogens with zero attached hydrogens (tertiary/aromatic N) is 4. The number of amides is 2. The van der Waals surface area contributed by atoms with Crippen molar-refractivity contribution in [3.8, 4) is 11.4 Å². The van der Waals surface area contributed by atoms with E-state index >= 15 is 0 Å². The van der Waals surface area contributed by atoms with E-state index in [4.69, 9.17) is 9.84 Å². The molecule has 1 aliphatic heterocycles. The van der Waals surface area contributed by atoms with Crippen molar-refractivity contribution in [1.82, 2.24) is 19.6 Å². The Bertz CT molecular complexity index is 1150. The minimum Gasteiger partial charge on any atom is -0.497 e. The minimum absolute atomic E-state index is 0.0358. The van der Waals surface area contributed by atoms with Gasteiger partial charge in [-0.15, -0.1) is 0 Å². The number of rotatable bonds is 4. The fourth-order valence-corrected chi connectivity index (χ4v) is 4.59. The van der Waals surface area contributed by atoms with Crippen molar-refractivity contribution in [2.45, 2.75) is 19.3 Å². The fourth-order valence-electron chi connectivity index (χ4n) is 4.59. The fraction of sp³-hybridized carbons (Fsp3) is 0.320. The molecule has 5 rings (SSSR count). The summed E-state index contributed by atoms with van der Waals surface area (Å²) in [7, 11) is 1.59. The molecule has 3 aromatic rings. The molecule has 0 radical (unpaired) electrons. The molecule has 2 aliphatic rings. The number of para-hydroxylation sites is 1. The van der Waals surface area contributed by atoms with E-state index in [0.717, 1.165) is 36.2 Å². The third-order valence-corrected chi connectivity index (χ3v) is 6.30. The van der Waals surface area contributed by atoms with Gasteiger partial charge in [0, 0.05) is 43.0 Å². The van der Waals surface area contributed by atoms with Crippen LogP contribution in [0.3, 0.4) is 0 Å². The van der Waals surface area contributed by atoms with Gasteiger partial charge < -0.3 is 14.5 Å². The predicted octanol–water partition coefficient (Wildman–Crippen LogP) is 2.97. The molecule has 0 bridgehead atoms. The zero-order chi connectivity index (χ0) is 22.1. The van der Waals surface area contributed by atoms with Gasteiger partial charge in [-0.05, 0) is 49.6 Å². The summed E-state index contributed by atoms with van der Waals surface area (Å²) >= 11 is 0. The van der Waals surface area contributed by atoms with Crippen LogP contribution in [-0.4, -0.2) is 64.7 Å². The number of benzene rings is 2. The average Bonchev–Trinajstić information content (AvgIpc) is 3.47. The maximum atomic E-state index is 13.4. The number of hydrogen-bond acceptors (Lipinski definition) is 4. The Kier molecular flexibility index (Phi) is 5.39. The van der Waals surface area contributed by atoms with Crippen LogP contribution in [-0.2, 0) is 12.8 Å². The van der Waals surface area contributed by atoms with Crippen molar-refractivity contribution in [2.75, 3.05) is 33.3 Å². The van der Waals surface area contributed by atoms with E-state index in [1.807, 2.05) is 52.0 Å². The third-order valence-electron chi connectivity index (χ3n) is 6.30. The molecule has 1 aromatic heterocycles. The smallest absolute Gasteiger partial charge is 0.274 e. The van der Waals surface area contributed by atoms with Gasteiger partial charge in [0.1, 0.15) is 5.75 Å². The first-order valence-electron chi connectivity index (χ1n) is 11.0. The van der Waals surface area contributed by atoms with Crippen LogP contribution in [0, 0.1) is 0 Å². The van der Waals surface area contributed by atoms with Gasteiger partial charge in [0.15, 0.2) is 5.69 Å². The van der Waals surface area contributed by atoms with Gasteiger partial charge in [-0.3, -0.25) is 9.59 Å². The summed E-state index contributed by atoms with van der Waals surface area (Å²) in [5.41, 5.74) is 4.37. The van der Waals surface area contributed by atoms with E-state index < -0.39 is 0 Å². The number of carbonyl (C=O) groups is 2. The molecule has 0 unspecified atom stereocenters. The van der Waals surface area contributed by atoms with Crippen LogP contribution in [0.1, 0.15) is 38.5 Å². The first kappa shape index (κ1) is 20.3. The summed E-state index contributed by atoms with van der Waals surface area (Å²) in [6, 6.07) is 17.2. The third kappa shape index (κ3) is 3.64. The number of aromatic nitrogens is 2. The van der Waals surface area contributed by atoms with Crippen LogP contribution < -0.4 is 4.74 Å². The molecular weight excluding hydrogens is 404 g/mol. The first-order valence-corrected chi connectivity index (χ1v) is 11.0. The molecule has 2 heterocycles. The monoisotopic (exact) mass is 430 g/mol. The molecule has 2 amide bonds. The summed E-state index contributed by atoms with van der Waals surface area (Å²) in [6.07, 6.45) is 2.87. The quantitative estimate of drug-likeness (QED) is 0.638. The lowest BCUT2D eigenvalue weighted by Gasteiger charge is -2.34. The number of hydrogen-bond donors (Lipinski definition) is 0. The maximum absolute atomic E-state index is 13.4. The molecule has 0 spiro atoms. The Hall–Kier alpha value is -3.61. The van der Waals surface area contributed by atoms with Crippen molar-refractivity contribution in [3.05, 3.63) is 77.1 Å². The van der Waals surface area contributed by atoms with Crippen molar-refractivity contribution in [3.63, 3.8) is 0 Å². The lowest BCUT2D eigenvalue weighted by Crippen LogP contribution is -2.50. The van der Waals surface area contributed by atoms with Crippen LogP contribution in [0.25, 0.3) is 5.69 Å². The van der Waals surface area contributed by atoms with Crippen molar-refractivity contribution < 1.29 is 14.3 Å². The van der Waals surface area contributed by atoms with Crippen LogP contribution in [0.5, 0.6) is 5.75 Å². The molecule has 1 aliphatic carbocycles. The van der Waals surface area contributed by atoms with Gasteiger partial charge >= 0.3 is 0 Å². The number of carbonyl (C=O) groups excluding carboxylic acids is 2. The number of fused-ring (bicyclic) bond motifs is 1. The Morgan fingerprint density at radius 3 is 2.31 bits per heavy atom. The van der Waals surface area contributed by atoms with Gasteiger partial charge in [0.05, 0.1) is 12.8 Å². The Labute approximate surface area is 187 Å². The highest BCUT2D eigenvalue weighted by Crippen LogP contribution is 2.29. The number of piperazine rings is 1. The minimum atomic E-state index is -0.0368. The highest BCUT2D eigenvalue weighted by molar-refractivity contribution is 5.96. The predicted molar refractivity (Wildman–Crippen MR) is 120 cm³/mol. The van der Waals surface area contributed by atoms with Crippen LogP contribution in [0.15, 0.2) is 54.6 Å². The molecule has 2 aromatic carbocycles. The van der Waals surface area contributed by atoms with Gasteiger partial charge in [0.2, 0.25) is 0 Å². The van der Waals surface area contributed by atoms with E-state index in [-0.39, 0.29) is 11.8 Å². The molecule has 0 atom stereocenters. The lowest BCUT2D eigenvalue weighted by atomic mass is 10.1. The van der Waals surface area contributed by atoms with Gasteiger partial charge in [-0.1, -0.05) is 24.3 Å². The average molecular weight is 431 g/mol. The number of ether oxygens (including phenoxy) is 1. The highest BCUT2D eigenvalue weighted by Gasteiger charge is 2.32. The zero-order valence-corrected chi connectivity index (χ0v) is 18.2. The maximum Gasteiger partial charge on any atom is 0.274 e. The van der Waals surface area contributed by atoms with Crippen LogP contribution in [0.4, 0.5) is 0 Å². The molecule has 32 heavy (non-hydrogen) atoms. The van der Waals surface area contributed by atoms with Crippen LogP contribution in [0.2, 0.25) is 0 Å². The summed E-state index contributed by atoms with van der Waals surface area (Å²) in [5.74, 6) is 0.587. The van der Waals surface area contributed by atoms with Crippen LogP contribution >= 0.6 is 0 Å².